The highest BCUT2D eigenvalue weighted by Crippen LogP contribution is 2.29. The van der Waals surface area contributed by atoms with Gasteiger partial charge in [0.25, 0.3) is 0 Å². The first kappa shape index (κ1) is 11.9. The molecule has 0 radical (unpaired) electrons. The lowest BCUT2D eigenvalue weighted by Gasteiger charge is -2.02. The standard InChI is InChI=1S/C14H12O4/c15-10-6-9(7-11(16)8-10)4-5-12-13(17)2-1-3-14(12)18/h1-8,15-18H. The minimum absolute atomic E-state index is 0.0457. The van der Waals surface area contributed by atoms with E-state index in [0.717, 1.165) is 0 Å². The quantitative estimate of drug-likeness (QED) is 0.612. The molecule has 0 aliphatic rings. The fourth-order valence-corrected chi connectivity index (χ4v) is 1.61. The van der Waals surface area contributed by atoms with Crippen molar-refractivity contribution < 1.29 is 20.4 Å². The smallest absolute Gasteiger partial charge is 0.126 e. The van der Waals surface area contributed by atoms with E-state index in [1.807, 2.05) is 0 Å². The number of phenols is 4. The van der Waals surface area contributed by atoms with Gasteiger partial charge in [-0.15, -0.1) is 0 Å². The zero-order valence-corrected chi connectivity index (χ0v) is 9.41. The van der Waals surface area contributed by atoms with E-state index in [1.165, 1.54) is 42.5 Å². The monoisotopic (exact) mass is 244 g/mol. The van der Waals surface area contributed by atoms with Crippen LogP contribution >= 0.6 is 0 Å². The molecule has 0 atom stereocenters. The Balaban J connectivity index is 2.36. The van der Waals surface area contributed by atoms with Gasteiger partial charge in [0, 0.05) is 6.07 Å². The summed E-state index contributed by atoms with van der Waals surface area (Å²) in [5.74, 6) is -0.210. The van der Waals surface area contributed by atoms with Crippen molar-refractivity contribution in [2.45, 2.75) is 0 Å². The maximum Gasteiger partial charge on any atom is 0.126 e. The van der Waals surface area contributed by atoms with E-state index in [2.05, 4.69) is 0 Å². The van der Waals surface area contributed by atoms with Crippen molar-refractivity contribution in [2.75, 3.05) is 0 Å². The number of hydrogen-bond donors (Lipinski definition) is 4. The third kappa shape index (κ3) is 2.55. The second kappa shape index (κ2) is 4.71. The van der Waals surface area contributed by atoms with Gasteiger partial charge < -0.3 is 20.4 Å². The summed E-state index contributed by atoms with van der Waals surface area (Å²) in [4.78, 5) is 0. The van der Waals surface area contributed by atoms with E-state index < -0.39 is 0 Å². The van der Waals surface area contributed by atoms with Gasteiger partial charge in [-0.1, -0.05) is 12.1 Å². The van der Waals surface area contributed by atoms with Gasteiger partial charge in [-0.05, 0) is 35.9 Å². The summed E-state index contributed by atoms with van der Waals surface area (Å²) >= 11 is 0. The maximum absolute atomic E-state index is 9.57. The Morgan fingerprint density at radius 1 is 0.722 bits per heavy atom. The van der Waals surface area contributed by atoms with Crippen LogP contribution in [-0.4, -0.2) is 20.4 Å². The largest absolute Gasteiger partial charge is 0.508 e. The summed E-state index contributed by atoms with van der Waals surface area (Å²) in [6.45, 7) is 0. The van der Waals surface area contributed by atoms with Crippen LogP contribution in [0.2, 0.25) is 0 Å². The summed E-state index contributed by atoms with van der Waals surface area (Å²) in [7, 11) is 0. The van der Waals surface area contributed by atoms with Crippen molar-refractivity contribution in [1.29, 1.82) is 0 Å². The molecular weight excluding hydrogens is 232 g/mol. The summed E-state index contributed by atoms with van der Waals surface area (Å²) < 4.78 is 0. The minimum Gasteiger partial charge on any atom is -0.508 e. The zero-order chi connectivity index (χ0) is 13.1. The first-order chi connectivity index (χ1) is 8.56. The first-order valence-electron chi connectivity index (χ1n) is 5.28. The second-order valence-electron chi connectivity index (χ2n) is 3.83. The molecule has 92 valence electrons. The fraction of sp³-hybridized carbons (Fsp3) is 0. The van der Waals surface area contributed by atoms with Crippen molar-refractivity contribution in [3.05, 3.63) is 47.5 Å². The van der Waals surface area contributed by atoms with Crippen LogP contribution in [-0.2, 0) is 0 Å². The normalized spacial score (nSPS) is 10.9. The molecule has 2 aromatic carbocycles. The van der Waals surface area contributed by atoms with Gasteiger partial charge in [-0.25, -0.2) is 0 Å². The number of hydrogen-bond acceptors (Lipinski definition) is 4. The van der Waals surface area contributed by atoms with Gasteiger partial charge in [0.2, 0.25) is 0 Å². The van der Waals surface area contributed by atoms with E-state index >= 15 is 0 Å². The van der Waals surface area contributed by atoms with Gasteiger partial charge >= 0.3 is 0 Å². The summed E-state index contributed by atoms with van der Waals surface area (Å²) in [6.07, 6.45) is 3.06. The highest BCUT2D eigenvalue weighted by molar-refractivity contribution is 5.76. The van der Waals surface area contributed by atoms with E-state index in [-0.39, 0.29) is 28.6 Å². The molecule has 0 saturated carbocycles. The Bertz CT molecular complexity index is 562. The average Bonchev–Trinajstić information content (AvgIpc) is 2.27. The molecule has 0 fully saturated rings. The van der Waals surface area contributed by atoms with Crippen LogP contribution in [0.15, 0.2) is 36.4 Å². The summed E-state index contributed by atoms with van der Waals surface area (Å²) in [6, 6.07) is 8.57. The highest BCUT2D eigenvalue weighted by atomic mass is 16.3. The van der Waals surface area contributed by atoms with Gasteiger partial charge in [-0.3, -0.25) is 0 Å². The first-order valence-corrected chi connectivity index (χ1v) is 5.28. The molecule has 4 heteroatoms. The number of benzene rings is 2. The molecule has 0 aliphatic heterocycles. The van der Waals surface area contributed by atoms with Crippen LogP contribution in [0.5, 0.6) is 23.0 Å². The van der Waals surface area contributed by atoms with Crippen molar-refractivity contribution in [2.24, 2.45) is 0 Å². The molecule has 0 heterocycles. The summed E-state index contributed by atoms with van der Waals surface area (Å²) in [5.41, 5.74) is 0.829. The molecule has 0 spiro atoms. The molecule has 2 aromatic rings. The second-order valence-corrected chi connectivity index (χ2v) is 3.83. The van der Waals surface area contributed by atoms with Crippen molar-refractivity contribution in [3.63, 3.8) is 0 Å². The molecule has 2 rings (SSSR count). The van der Waals surface area contributed by atoms with Crippen molar-refractivity contribution in [3.8, 4) is 23.0 Å². The highest BCUT2D eigenvalue weighted by Gasteiger charge is 2.03. The van der Waals surface area contributed by atoms with Gasteiger partial charge in [0.1, 0.15) is 23.0 Å². The Morgan fingerprint density at radius 3 is 1.83 bits per heavy atom. The van der Waals surface area contributed by atoms with Crippen LogP contribution in [0.1, 0.15) is 11.1 Å². The SMILES string of the molecule is Oc1cc(O)cc(C=Cc2c(O)cccc2O)c1. The fourth-order valence-electron chi connectivity index (χ4n) is 1.61. The lowest BCUT2D eigenvalue weighted by Crippen LogP contribution is -1.77. The van der Waals surface area contributed by atoms with Crippen LogP contribution in [0.3, 0.4) is 0 Å². The third-order valence-electron chi connectivity index (χ3n) is 2.43. The molecular formula is C14H12O4. The minimum atomic E-state index is -0.0591. The van der Waals surface area contributed by atoms with Crippen molar-refractivity contribution in [1.82, 2.24) is 0 Å². The van der Waals surface area contributed by atoms with Gasteiger partial charge in [-0.2, -0.15) is 0 Å². The lowest BCUT2D eigenvalue weighted by molar-refractivity contribution is 0.448. The predicted molar refractivity (Wildman–Crippen MR) is 68.5 cm³/mol. The molecule has 4 nitrogen and oxygen atoms in total. The van der Waals surface area contributed by atoms with Gasteiger partial charge in [0.15, 0.2) is 0 Å². The predicted octanol–water partition coefficient (Wildman–Crippen LogP) is 2.68. The Hall–Kier alpha value is -2.62. The molecule has 0 aromatic heterocycles. The van der Waals surface area contributed by atoms with E-state index in [9.17, 15) is 20.4 Å². The van der Waals surface area contributed by atoms with Crippen LogP contribution in [0, 0.1) is 0 Å². The summed E-state index contributed by atoms with van der Waals surface area (Å²) in [5, 5.41) is 37.8. The molecule has 4 N–H and O–H groups in total. The van der Waals surface area contributed by atoms with Crippen LogP contribution in [0.25, 0.3) is 12.2 Å². The lowest BCUT2D eigenvalue weighted by atomic mass is 10.1. The molecule has 0 amide bonds. The van der Waals surface area contributed by atoms with E-state index in [1.54, 1.807) is 6.08 Å². The molecule has 0 bridgehead atoms. The van der Waals surface area contributed by atoms with Crippen molar-refractivity contribution >= 4 is 12.2 Å². The van der Waals surface area contributed by atoms with Crippen LogP contribution in [0.4, 0.5) is 0 Å². The molecule has 0 saturated heterocycles. The van der Waals surface area contributed by atoms with Gasteiger partial charge in [0.05, 0.1) is 5.56 Å². The third-order valence-corrected chi connectivity index (χ3v) is 2.43. The molecule has 0 aliphatic carbocycles. The Kier molecular flexibility index (Phi) is 3.10. The number of rotatable bonds is 2. The molecule has 0 unspecified atom stereocenters. The molecule has 18 heavy (non-hydrogen) atoms. The Morgan fingerprint density at radius 2 is 1.28 bits per heavy atom. The van der Waals surface area contributed by atoms with E-state index in [0.29, 0.717) is 5.56 Å². The maximum atomic E-state index is 9.57. The van der Waals surface area contributed by atoms with E-state index in [4.69, 9.17) is 0 Å². The average molecular weight is 244 g/mol. The van der Waals surface area contributed by atoms with Crippen LogP contribution < -0.4 is 0 Å². The topological polar surface area (TPSA) is 80.9 Å². The number of phenolic OH excluding ortho intramolecular Hbond substituents is 4. The number of aromatic hydroxyl groups is 4. The Labute approximate surface area is 104 Å². The zero-order valence-electron chi connectivity index (χ0n) is 9.41.